The van der Waals surface area contributed by atoms with Gasteiger partial charge in [-0.2, -0.15) is 0 Å². The lowest BCUT2D eigenvalue weighted by atomic mass is 10.2. The van der Waals surface area contributed by atoms with Gasteiger partial charge >= 0.3 is 0 Å². The molecule has 1 heterocycles. The first-order valence-electron chi connectivity index (χ1n) is 5.56. The average Bonchev–Trinajstić information content (AvgIpc) is 2.58. The summed E-state index contributed by atoms with van der Waals surface area (Å²) in [6.07, 6.45) is 0. The zero-order valence-corrected chi connectivity index (χ0v) is 11.0. The highest BCUT2D eigenvalue weighted by Crippen LogP contribution is 2.23. The maximum absolute atomic E-state index is 6.01. The number of halogens is 1. The Morgan fingerprint density at radius 1 is 1.41 bits per heavy atom. The van der Waals surface area contributed by atoms with Crippen molar-refractivity contribution in [2.24, 2.45) is 7.05 Å². The lowest BCUT2D eigenvalue weighted by molar-refractivity contribution is 0.783. The molecule has 2 aromatic rings. The van der Waals surface area contributed by atoms with Gasteiger partial charge in [0.25, 0.3) is 0 Å². The second-order valence-corrected chi connectivity index (χ2v) is 4.50. The maximum Gasteiger partial charge on any atom is 0.140 e. The minimum Gasteiger partial charge on any atom is -0.331 e. The van der Waals surface area contributed by atoms with E-state index in [0.29, 0.717) is 0 Å². The molecule has 0 atom stereocenters. The van der Waals surface area contributed by atoms with Crippen LogP contribution in [0.4, 0.5) is 0 Å². The van der Waals surface area contributed by atoms with Gasteiger partial charge in [0, 0.05) is 29.9 Å². The highest BCUT2D eigenvalue weighted by atomic mass is 35.5. The summed E-state index contributed by atoms with van der Waals surface area (Å²) in [5.41, 5.74) is 3.30. The van der Waals surface area contributed by atoms with Crippen molar-refractivity contribution in [1.29, 1.82) is 0 Å². The minimum absolute atomic E-state index is 0.735. The van der Waals surface area contributed by atoms with Gasteiger partial charge in [-0.05, 0) is 26.1 Å². The average molecular weight is 250 g/mol. The van der Waals surface area contributed by atoms with Crippen molar-refractivity contribution in [1.82, 2.24) is 14.9 Å². The fourth-order valence-corrected chi connectivity index (χ4v) is 2.05. The van der Waals surface area contributed by atoms with Gasteiger partial charge in [0.1, 0.15) is 5.82 Å². The van der Waals surface area contributed by atoms with Gasteiger partial charge in [-0.3, -0.25) is 0 Å². The largest absolute Gasteiger partial charge is 0.331 e. The third kappa shape index (κ3) is 2.35. The van der Waals surface area contributed by atoms with Crippen LogP contribution in [0.1, 0.15) is 11.4 Å². The van der Waals surface area contributed by atoms with Gasteiger partial charge in [-0.25, -0.2) is 4.98 Å². The number of hydrogen-bond acceptors (Lipinski definition) is 2. The van der Waals surface area contributed by atoms with Crippen molar-refractivity contribution in [3.8, 4) is 11.4 Å². The van der Waals surface area contributed by atoms with Crippen LogP contribution in [0.15, 0.2) is 24.3 Å². The van der Waals surface area contributed by atoms with E-state index < -0.39 is 0 Å². The number of benzene rings is 1. The molecule has 0 aliphatic carbocycles. The topological polar surface area (TPSA) is 29.9 Å². The lowest BCUT2D eigenvalue weighted by Gasteiger charge is -2.03. The summed E-state index contributed by atoms with van der Waals surface area (Å²) in [6.45, 7) is 2.86. The summed E-state index contributed by atoms with van der Waals surface area (Å²) in [7, 11) is 3.95. The highest BCUT2D eigenvalue weighted by molar-refractivity contribution is 6.30. The Kier molecular flexibility index (Phi) is 3.50. The fourth-order valence-electron chi connectivity index (χ4n) is 1.86. The predicted molar refractivity (Wildman–Crippen MR) is 71.2 cm³/mol. The zero-order chi connectivity index (χ0) is 12.4. The molecule has 1 N–H and O–H groups in total. The molecule has 17 heavy (non-hydrogen) atoms. The van der Waals surface area contributed by atoms with E-state index in [-0.39, 0.29) is 0 Å². The molecule has 0 saturated carbocycles. The molecule has 0 amide bonds. The van der Waals surface area contributed by atoms with Crippen LogP contribution in [0.3, 0.4) is 0 Å². The summed E-state index contributed by atoms with van der Waals surface area (Å²) in [6, 6.07) is 7.78. The normalized spacial score (nSPS) is 10.8. The number of hydrogen-bond donors (Lipinski definition) is 1. The van der Waals surface area contributed by atoms with Crippen molar-refractivity contribution in [3.05, 3.63) is 40.7 Å². The van der Waals surface area contributed by atoms with E-state index in [1.807, 2.05) is 38.4 Å². The molecule has 0 unspecified atom stereocenters. The van der Waals surface area contributed by atoms with Crippen LogP contribution in [0, 0.1) is 6.92 Å². The molecule has 4 heteroatoms. The Labute approximate surface area is 106 Å². The lowest BCUT2D eigenvalue weighted by Crippen LogP contribution is -2.07. The summed E-state index contributed by atoms with van der Waals surface area (Å²) in [4.78, 5) is 4.65. The van der Waals surface area contributed by atoms with Crippen molar-refractivity contribution >= 4 is 11.6 Å². The van der Waals surface area contributed by atoms with Crippen molar-refractivity contribution < 1.29 is 0 Å². The molecule has 1 aromatic carbocycles. The van der Waals surface area contributed by atoms with E-state index in [2.05, 4.69) is 21.8 Å². The van der Waals surface area contributed by atoms with Crippen LogP contribution in [0.25, 0.3) is 11.4 Å². The third-order valence-corrected chi connectivity index (χ3v) is 3.14. The van der Waals surface area contributed by atoms with E-state index in [1.165, 1.54) is 5.69 Å². The van der Waals surface area contributed by atoms with Crippen LogP contribution in [0.2, 0.25) is 5.02 Å². The van der Waals surface area contributed by atoms with Crippen LogP contribution in [-0.4, -0.2) is 16.6 Å². The monoisotopic (exact) mass is 249 g/mol. The standard InChI is InChI=1S/C13H16ClN3/c1-9-12(8-15-2)16-13(17(9)3)10-5-4-6-11(14)7-10/h4-7,15H,8H2,1-3H3. The number of aromatic nitrogens is 2. The quantitative estimate of drug-likeness (QED) is 0.907. The number of imidazole rings is 1. The Bertz CT molecular complexity index is 531. The molecule has 1 aromatic heterocycles. The second-order valence-electron chi connectivity index (χ2n) is 4.07. The van der Waals surface area contributed by atoms with Crippen LogP contribution < -0.4 is 5.32 Å². The Morgan fingerprint density at radius 3 is 2.82 bits per heavy atom. The Hall–Kier alpha value is -1.32. The molecule has 0 bridgehead atoms. The number of rotatable bonds is 3. The molecular formula is C13H16ClN3. The van der Waals surface area contributed by atoms with Gasteiger partial charge in [-0.15, -0.1) is 0 Å². The van der Waals surface area contributed by atoms with E-state index in [0.717, 1.165) is 28.6 Å². The fraction of sp³-hybridized carbons (Fsp3) is 0.308. The molecule has 2 rings (SSSR count). The van der Waals surface area contributed by atoms with E-state index in [4.69, 9.17) is 11.6 Å². The summed E-state index contributed by atoms with van der Waals surface area (Å²) in [5, 5.41) is 3.86. The van der Waals surface area contributed by atoms with Crippen molar-refractivity contribution in [3.63, 3.8) is 0 Å². The summed E-state index contributed by atoms with van der Waals surface area (Å²) < 4.78 is 2.10. The Balaban J connectivity index is 2.49. The third-order valence-electron chi connectivity index (χ3n) is 2.91. The van der Waals surface area contributed by atoms with Crippen molar-refractivity contribution in [2.75, 3.05) is 7.05 Å². The SMILES string of the molecule is CNCc1nc(-c2cccc(Cl)c2)n(C)c1C. The predicted octanol–water partition coefficient (Wildman–Crippen LogP) is 2.77. The molecule has 0 radical (unpaired) electrons. The van der Waals surface area contributed by atoms with Crippen LogP contribution >= 0.6 is 11.6 Å². The molecule has 0 aliphatic heterocycles. The first-order valence-corrected chi connectivity index (χ1v) is 5.94. The first kappa shape index (κ1) is 12.1. The van der Waals surface area contributed by atoms with Gasteiger partial charge in [0.15, 0.2) is 0 Å². The summed E-state index contributed by atoms with van der Waals surface area (Å²) >= 11 is 6.01. The molecule has 0 spiro atoms. The smallest absolute Gasteiger partial charge is 0.140 e. The van der Waals surface area contributed by atoms with Gasteiger partial charge in [0.2, 0.25) is 0 Å². The van der Waals surface area contributed by atoms with Crippen LogP contribution in [-0.2, 0) is 13.6 Å². The van der Waals surface area contributed by atoms with Crippen molar-refractivity contribution in [2.45, 2.75) is 13.5 Å². The minimum atomic E-state index is 0.735. The van der Waals surface area contributed by atoms with Gasteiger partial charge in [0.05, 0.1) is 5.69 Å². The molecule has 3 nitrogen and oxygen atoms in total. The summed E-state index contributed by atoms with van der Waals surface area (Å²) in [5.74, 6) is 0.954. The molecular weight excluding hydrogens is 234 g/mol. The Morgan fingerprint density at radius 2 is 2.18 bits per heavy atom. The van der Waals surface area contributed by atoms with Crippen LogP contribution in [0.5, 0.6) is 0 Å². The first-order chi connectivity index (χ1) is 8.13. The second kappa shape index (κ2) is 4.90. The molecule has 90 valence electrons. The van der Waals surface area contributed by atoms with E-state index >= 15 is 0 Å². The molecule has 0 saturated heterocycles. The zero-order valence-electron chi connectivity index (χ0n) is 10.3. The van der Waals surface area contributed by atoms with E-state index in [1.54, 1.807) is 0 Å². The number of nitrogens with zero attached hydrogens (tertiary/aromatic N) is 2. The maximum atomic E-state index is 6.01. The van der Waals surface area contributed by atoms with E-state index in [9.17, 15) is 0 Å². The van der Waals surface area contributed by atoms with Gasteiger partial charge in [-0.1, -0.05) is 23.7 Å². The highest BCUT2D eigenvalue weighted by Gasteiger charge is 2.12. The molecule has 0 fully saturated rings. The van der Waals surface area contributed by atoms with Gasteiger partial charge < -0.3 is 9.88 Å². The number of nitrogens with one attached hydrogen (secondary N) is 1. The molecule has 0 aliphatic rings.